The highest BCUT2D eigenvalue weighted by Crippen LogP contribution is 2.67. The van der Waals surface area contributed by atoms with Crippen molar-refractivity contribution in [1.29, 1.82) is 0 Å². The van der Waals surface area contributed by atoms with Crippen LogP contribution in [0.2, 0.25) is 39.3 Å². The van der Waals surface area contributed by atoms with Crippen molar-refractivity contribution >= 4 is 28.1 Å². The molecule has 0 amide bonds. The van der Waals surface area contributed by atoms with Gasteiger partial charge in [0.05, 0.1) is 18.0 Å². The first-order valence-electron chi connectivity index (χ1n) is 14.7. The number of fused-ring (bicyclic) bond motifs is 5. The minimum Gasteiger partial charge on any atom is -0.415 e. The normalized spacial score (nSPS) is 41.7. The molecule has 212 valence electrons. The third-order valence-electron chi connectivity index (χ3n) is 10.3. The summed E-state index contributed by atoms with van der Waals surface area (Å²) < 4.78 is 13.0. The molecule has 4 saturated carbocycles. The van der Waals surface area contributed by atoms with Crippen LogP contribution in [0, 0.1) is 40.4 Å². The molecule has 0 bridgehead atoms. The smallest absolute Gasteiger partial charge is 0.184 e. The predicted octanol–water partition coefficient (Wildman–Crippen LogP) is 7.33. The zero-order chi connectivity index (χ0) is 27.2. The summed E-state index contributed by atoms with van der Waals surface area (Å²) in [6.45, 7) is 19.4. The van der Waals surface area contributed by atoms with E-state index < -0.39 is 16.6 Å². The molecule has 8 atom stereocenters. The van der Waals surface area contributed by atoms with E-state index in [4.69, 9.17) is 23.7 Å². The summed E-state index contributed by atoms with van der Waals surface area (Å²) in [5.74, 6) is 2.93. The van der Waals surface area contributed by atoms with Crippen molar-refractivity contribution in [3.05, 3.63) is 0 Å². The quantitative estimate of drug-likeness (QED) is 0.180. The van der Waals surface area contributed by atoms with Gasteiger partial charge in [0.15, 0.2) is 16.6 Å². The van der Waals surface area contributed by atoms with Gasteiger partial charge in [0.1, 0.15) is 14.2 Å². The number of nitrogens with zero attached hydrogens (tertiary/aromatic N) is 2. The zero-order valence-corrected chi connectivity index (χ0v) is 27.4. The lowest BCUT2D eigenvalue weighted by Crippen LogP contribution is -2.58. The first-order chi connectivity index (χ1) is 17.2. The van der Waals surface area contributed by atoms with Crippen molar-refractivity contribution in [2.24, 2.45) is 50.7 Å². The number of oxime groups is 2. The van der Waals surface area contributed by atoms with Crippen molar-refractivity contribution in [2.45, 2.75) is 111 Å². The Morgan fingerprint density at radius 3 is 2.24 bits per heavy atom. The predicted molar refractivity (Wildman–Crippen MR) is 157 cm³/mol. The Bertz CT molecular complexity index is 882. The van der Waals surface area contributed by atoms with Gasteiger partial charge in [0.2, 0.25) is 0 Å². The maximum Gasteiger partial charge on any atom is 0.184 e. The Kier molecular flexibility index (Phi) is 8.46. The standard InChI is InChI=1S/C29H54N2O4Si2/c1-28-16-15-21(35-37(8,9)10)17-20(28)11-12-22-23-13-14-24(26(31-33-4)19-34-36(5,6)7)29(23,2)18-25(27(22)28)30-32-3/h20-24,27H,11-19H2,1-10H3/t20-,21-,22?,23?,24?,27?,28+,29+/m1/s1. The molecule has 4 unspecified atom stereocenters. The van der Waals surface area contributed by atoms with Gasteiger partial charge in [-0.05, 0) is 119 Å². The van der Waals surface area contributed by atoms with Crippen LogP contribution in [-0.4, -0.2) is 55.0 Å². The molecule has 0 saturated heterocycles. The van der Waals surface area contributed by atoms with Crippen molar-refractivity contribution in [3.63, 3.8) is 0 Å². The molecule has 8 heteroatoms. The molecular weight excluding hydrogens is 497 g/mol. The maximum atomic E-state index is 6.63. The maximum absolute atomic E-state index is 6.63. The van der Waals surface area contributed by atoms with E-state index in [1.807, 2.05) is 0 Å². The lowest BCUT2D eigenvalue weighted by Gasteiger charge is -2.61. The largest absolute Gasteiger partial charge is 0.415 e. The first kappa shape index (κ1) is 29.3. The summed E-state index contributed by atoms with van der Waals surface area (Å²) in [4.78, 5) is 10.9. The van der Waals surface area contributed by atoms with E-state index in [-0.39, 0.29) is 10.8 Å². The summed E-state index contributed by atoms with van der Waals surface area (Å²) in [6.07, 6.45) is 10.1. The van der Waals surface area contributed by atoms with E-state index in [9.17, 15) is 0 Å². The minimum absolute atomic E-state index is 0.111. The van der Waals surface area contributed by atoms with Crippen LogP contribution in [0.3, 0.4) is 0 Å². The van der Waals surface area contributed by atoms with Gasteiger partial charge >= 0.3 is 0 Å². The van der Waals surface area contributed by atoms with Gasteiger partial charge in [0, 0.05) is 17.9 Å². The molecular formula is C29H54N2O4Si2. The van der Waals surface area contributed by atoms with E-state index in [1.54, 1.807) is 14.2 Å². The number of rotatable bonds is 8. The molecule has 0 aliphatic heterocycles. The molecule has 4 fully saturated rings. The summed E-state index contributed by atoms with van der Waals surface area (Å²) in [7, 11) is 0.203. The Hall–Kier alpha value is -0.706. The van der Waals surface area contributed by atoms with Crippen molar-refractivity contribution in [1.82, 2.24) is 0 Å². The Balaban J connectivity index is 1.61. The fraction of sp³-hybridized carbons (Fsp3) is 0.931. The van der Waals surface area contributed by atoms with E-state index in [0.29, 0.717) is 42.3 Å². The van der Waals surface area contributed by atoms with E-state index in [1.165, 1.54) is 44.2 Å². The van der Waals surface area contributed by atoms with Crippen LogP contribution >= 0.6 is 0 Å². The molecule has 0 spiro atoms. The summed E-state index contributed by atoms with van der Waals surface area (Å²) in [5, 5.41) is 9.38. The molecule has 4 aliphatic carbocycles. The average Bonchev–Trinajstić information content (AvgIpc) is 3.12. The van der Waals surface area contributed by atoms with Gasteiger partial charge < -0.3 is 18.5 Å². The second-order valence-electron chi connectivity index (χ2n) is 14.9. The highest BCUT2D eigenvalue weighted by molar-refractivity contribution is 6.70. The lowest BCUT2D eigenvalue weighted by atomic mass is 9.44. The second kappa shape index (κ2) is 10.7. The van der Waals surface area contributed by atoms with Crippen molar-refractivity contribution in [3.8, 4) is 0 Å². The number of hydrogen-bond donors (Lipinski definition) is 0. The van der Waals surface area contributed by atoms with Gasteiger partial charge in [-0.2, -0.15) is 0 Å². The van der Waals surface area contributed by atoms with Crippen molar-refractivity contribution < 1.29 is 18.5 Å². The highest BCUT2D eigenvalue weighted by Gasteiger charge is 2.63. The summed E-state index contributed by atoms with van der Waals surface area (Å²) in [5.41, 5.74) is 2.79. The van der Waals surface area contributed by atoms with E-state index in [0.717, 1.165) is 18.6 Å². The van der Waals surface area contributed by atoms with Crippen LogP contribution in [0.5, 0.6) is 0 Å². The molecule has 0 heterocycles. The molecule has 0 aromatic carbocycles. The fourth-order valence-corrected chi connectivity index (χ4v) is 10.8. The van der Waals surface area contributed by atoms with Gasteiger partial charge in [-0.25, -0.2) is 0 Å². The number of hydrogen-bond acceptors (Lipinski definition) is 6. The Labute approximate surface area is 228 Å². The summed E-state index contributed by atoms with van der Waals surface area (Å²) in [6, 6.07) is 0. The molecule has 0 radical (unpaired) electrons. The van der Waals surface area contributed by atoms with Crippen LogP contribution in [0.1, 0.15) is 65.2 Å². The third-order valence-corrected chi connectivity index (χ3v) is 12.4. The van der Waals surface area contributed by atoms with Gasteiger partial charge in [-0.1, -0.05) is 24.2 Å². The molecule has 0 aromatic rings. The topological polar surface area (TPSA) is 61.6 Å². The third kappa shape index (κ3) is 5.92. The Morgan fingerprint density at radius 2 is 1.62 bits per heavy atom. The van der Waals surface area contributed by atoms with Crippen LogP contribution < -0.4 is 0 Å². The van der Waals surface area contributed by atoms with E-state index in [2.05, 4.69) is 58.3 Å². The first-order valence-corrected chi connectivity index (χ1v) is 21.5. The second-order valence-corrected chi connectivity index (χ2v) is 23.9. The molecule has 37 heavy (non-hydrogen) atoms. The van der Waals surface area contributed by atoms with Gasteiger partial charge in [-0.3, -0.25) is 0 Å². The molecule has 0 aromatic heterocycles. The molecule has 4 aliphatic rings. The fourth-order valence-electron chi connectivity index (χ4n) is 9.03. The monoisotopic (exact) mass is 550 g/mol. The SMILES string of the molecule is CON=C(CO[Si](C)(C)C)C1CCC2C3CC[C@@H]4C[C@H](O[Si](C)(C)C)CC[C@]4(C)C3C(=NOC)C[C@]12C. The van der Waals surface area contributed by atoms with Gasteiger partial charge in [-0.15, -0.1) is 0 Å². The lowest BCUT2D eigenvalue weighted by molar-refractivity contribution is -0.0792. The van der Waals surface area contributed by atoms with Crippen LogP contribution in [0.25, 0.3) is 0 Å². The highest BCUT2D eigenvalue weighted by atomic mass is 28.4. The Morgan fingerprint density at radius 1 is 0.892 bits per heavy atom. The van der Waals surface area contributed by atoms with Crippen LogP contribution in [0.15, 0.2) is 10.3 Å². The van der Waals surface area contributed by atoms with Crippen LogP contribution in [0.4, 0.5) is 0 Å². The molecule has 4 rings (SSSR count). The molecule has 0 N–H and O–H groups in total. The zero-order valence-electron chi connectivity index (χ0n) is 25.4. The molecule has 6 nitrogen and oxygen atoms in total. The van der Waals surface area contributed by atoms with Crippen molar-refractivity contribution in [2.75, 3.05) is 20.8 Å². The van der Waals surface area contributed by atoms with Crippen LogP contribution in [-0.2, 0) is 18.5 Å². The van der Waals surface area contributed by atoms with E-state index >= 15 is 0 Å². The minimum atomic E-state index is -1.66. The summed E-state index contributed by atoms with van der Waals surface area (Å²) >= 11 is 0. The average molecular weight is 551 g/mol. The van der Waals surface area contributed by atoms with Gasteiger partial charge in [0.25, 0.3) is 0 Å².